The molecule has 0 atom stereocenters. The molecule has 0 aliphatic rings. The van der Waals surface area contributed by atoms with Crippen LogP contribution in [-0.4, -0.2) is 33.1 Å². The fourth-order valence-electron chi connectivity index (χ4n) is 2.86. The van der Waals surface area contributed by atoms with E-state index in [0.717, 1.165) is 19.4 Å². The zero-order chi connectivity index (χ0) is 16.5. The highest BCUT2D eigenvalue weighted by atomic mass is 29.3. The molecule has 0 saturated heterocycles. The molecule has 0 amide bonds. The van der Waals surface area contributed by atoms with Crippen LogP contribution in [0.3, 0.4) is 0 Å². The molecule has 0 unspecified atom stereocenters. The van der Waals surface area contributed by atoms with Crippen LogP contribution in [0.25, 0.3) is 0 Å². The summed E-state index contributed by atoms with van der Waals surface area (Å²) in [5.74, 6) is -0.876. The maximum Gasteiger partial charge on any atom is 0.330 e. The van der Waals surface area contributed by atoms with E-state index in [1.165, 1.54) is 24.9 Å². The second kappa shape index (κ2) is 9.59. The van der Waals surface area contributed by atoms with Gasteiger partial charge < -0.3 is 9.53 Å². The van der Waals surface area contributed by atoms with Crippen LogP contribution in [0.1, 0.15) is 46.0 Å². The summed E-state index contributed by atoms with van der Waals surface area (Å²) in [6.45, 7) is 16.3. The molecule has 1 N–H and O–H groups in total. The number of hydrogen-bond acceptors (Lipinski definition) is 2. The molecule has 0 saturated carbocycles. The molecule has 0 aliphatic carbocycles. The smallest absolute Gasteiger partial charge is 0.330 e. The Morgan fingerprint density at radius 1 is 1.10 bits per heavy atom. The van der Waals surface area contributed by atoms with Crippen LogP contribution in [-0.2, 0) is 9.22 Å². The normalized spacial score (nSPS) is 12.4. The molecule has 0 spiro atoms. The van der Waals surface area contributed by atoms with Crippen molar-refractivity contribution in [1.29, 1.82) is 0 Å². The first kappa shape index (κ1) is 20.6. The third kappa shape index (κ3) is 6.93. The Morgan fingerprint density at radius 2 is 1.62 bits per heavy atom. The molecular formula is C16H34O3Si2. The fraction of sp³-hybridized carbons (Fsp3) is 0.812. The largest absolute Gasteiger partial charge is 0.478 e. The molecule has 0 bridgehead atoms. The molecule has 0 aromatic rings. The Morgan fingerprint density at radius 3 is 2.00 bits per heavy atom. The zero-order valence-corrected chi connectivity index (χ0v) is 16.6. The second-order valence-corrected chi connectivity index (χ2v) is 22.0. The van der Waals surface area contributed by atoms with Gasteiger partial charge in [0.05, 0.1) is 7.59 Å². The first-order valence-electron chi connectivity index (χ1n) is 8.25. The molecule has 0 aromatic carbocycles. The van der Waals surface area contributed by atoms with Crippen molar-refractivity contribution in [3.63, 3.8) is 0 Å². The molecule has 0 radical (unpaired) electrons. The van der Waals surface area contributed by atoms with Crippen LogP contribution >= 0.6 is 0 Å². The molecule has 3 nitrogen and oxygen atoms in total. The van der Waals surface area contributed by atoms with Gasteiger partial charge in [-0.05, 0) is 31.4 Å². The topological polar surface area (TPSA) is 46.5 Å². The number of hydrogen-bond donors (Lipinski definition) is 1. The number of carboxylic acids is 1. The first-order valence-corrected chi connectivity index (χ1v) is 15.1. The van der Waals surface area contributed by atoms with E-state index in [1.807, 2.05) is 0 Å². The minimum Gasteiger partial charge on any atom is -0.478 e. The minimum atomic E-state index is -1.60. The number of unbranched alkanes of at least 4 members (excludes halogenated alkanes) is 1. The van der Waals surface area contributed by atoms with Crippen LogP contribution < -0.4 is 0 Å². The molecule has 0 fully saturated rings. The van der Waals surface area contributed by atoms with E-state index in [1.54, 1.807) is 0 Å². The molecule has 124 valence electrons. The van der Waals surface area contributed by atoms with Crippen molar-refractivity contribution in [3.05, 3.63) is 12.2 Å². The third-order valence-corrected chi connectivity index (χ3v) is 20.5. The number of rotatable bonds is 12. The Kier molecular flexibility index (Phi) is 9.41. The van der Waals surface area contributed by atoms with Crippen molar-refractivity contribution >= 4 is 21.4 Å². The monoisotopic (exact) mass is 330 g/mol. The summed E-state index contributed by atoms with van der Waals surface area (Å²) < 4.78 is 6.54. The fourth-order valence-corrected chi connectivity index (χ4v) is 15.1. The Hall–Kier alpha value is -0.396. The molecule has 0 aromatic heterocycles. The zero-order valence-electron chi connectivity index (χ0n) is 14.6. The lowest BCUT2D eigenvalue weighted by atomic mass is 10.1. The predicted molar refractivity (Wildman–Crippen MR) is 95.9 cm³/mol. The van der Waals surface area contributed by atoms with Crippen LogP contribution in [0, 0.1) is 0 Å². The summed E-state index contributed by atoms with van der Waals surface area (Å²) >= 11 is 0. The number of aliphatic carboxylic acids is 1. The summed E-state index contributed by atoms with van der Waals surface area (Å²) in [5.41, 5.74) is 0.311. The highest BCUT2D eigenvalue weighted by Gasteiger charge is 2.45. The lowest BCUT2D eigenvalue weighted by Crippen LogP contribution is -2.59. The van der Waals surface area contributed by atoms with E-state index in [0.29, 0.717) is 12.0 Å². The van der Waals surface area contributed by atoms with Crippen LogP contribution in [0.5, 0.6) is 0 Å². The van der Waals surface area contributed by atoms with E-state index in [2.05, 4.69) is 40.1 Å². The van der Waals surface area contributed by atoms with Crippen molar-refractivity contribution in [1.82, 2.24) is 0 Å². The maximum absolute atomic E-state index is 10.7. The van der Waals surface area contributed by atoms with E-state index >= 15 is 0 Å². The average molecular weight is 331 g/mol. The van der Waals surface area contributed by atoms with E-state index in [-0.39, 0.29) is 0 Å². The van der Waals surface area contributed by atoms with Gasteiger partial charge in [-0.3, -0.25) is 0 Å². The quantitative estimate of drug-likeness (QED) is 0.311. The summed E-state index contributed by atoms with van der Waals surface area (Å²) in [5, 5.41) is 8.80. The van der Waals surface area contributed by atoms with Gasteiger partial charge in [-0.15, -0.1) is 0 Å². The lowest BCUT2D eigenvalue weighted by molar-refractivity contribution is -0.132. The van der Waals surface area contributed by atoms with Gasteiger partial charge in [-0.1, -0.05) is 52.9 Å². The molecule has 0 heterocycles. The van der Waals surface area contributed by atoms with E-state index < -0.39 is 21.4 Å². The van der Waals surface area contributed by atoms with Crippen molar-refractivity contribution in [2.45, 2.75) is 77.7 Å². The maximum atomic E-state index is 10.7. The minimum absolute atomic E-state index is 0.311. The van der Waals surface area contributed by atoms with Crippen molar-refractivity contribution in [3.8, 4) is 0 Å². The summed E-state index contributed by atoms with van der Waals surface area (Å²) in [6.07, 6.45) is 4.80. The number of carboxylic acid groups (broad SMARTS) is 1. The molecule has 0 aliphatic heterocycles. The second-order valence-electron chi connectivity index (χ2n) is 6.96. The van der Waals surface area contributed by atoms with Gasteiger partial charge in [0.15, 0.2) is 7.83 Å². The van der Waals surface area contributed by atoms with E-state index in [9.17, 15) is 4.79 Å². The van der Waals surface area contributed by atoms with Gasteiger partial charge >= 0.3 is 5.97 Å². The Bertz CT molecular complexity index is 329. The Labute approximate surface area is 132 Å². The highest BCUT2D eigenvalue weighted by molar-refractivity contribution is 7.38. The van der Waals surface area contributed by atoms with Gasteiger partial charge in [-0.2, -0.15) is 0 Å². The summed E-state index contributed by atoms with van der Waals surface area (Å²) in [4.78, 5) is 10.7. The average Bonchev–Trinajstić information content (AvgIpc) is 2.36. The summed E-state index contributed by atoms with van der Waals surface area (Å²) in [6, 6.07) is 2.55. The SMILES string of the molecule is C=C(CCCCO[Si](CCC)(CCC)[Si](C)(C)C)C(=O)O. The molecular weight excluding hydrogens is 296 g/mol. The highest BCUT2D eigenvalue weighted by Crippen LogP contribution is 2.31. The van der Waals surface area contributed by atoms with E-state index in [4.69, 9.17) is 9.53 Å². The van der Waals surface area contributed by atoms with Gasteiger partial charge in [0, 0.05) is 12.2 Å². The molecule has 21 heavy (non-hydrogen) atoms. The third-order valence-electron chi connectivity index (χ3n) is 4.23. The van der Waals surface area contributed by atoms with Crippen molar-refractivity contribution in [2.24, 2.45) is 0 Å². The number of carbonyl (C=O) groups is 1. The molecule has 0 rings (SSSR count). The van der Waals surface area contributed by atoms with Crippen LogP contribution in [0.15, 0.2) is 12.2 Å². The van der Waals surface area contributed by atoms with Gasteiger partial charge in [0.2, 0.25) is 0 Å². The van der Waals surface area contributed by atoms with Crippen LogP contribution in [0.2, 0.25) is 31.7 Å². The molecule has 5 heteroatoms. The Balaban J connectivity index is 4.43. The van der Waals surface area contributed by atoms with Gasteiger partial charge in [0.1, 0.15) is 0 Å². The van der Waals surface area contributed by atoms with Crippen molar-refractivity contribution in [2.75, 3.05) is 6.61 Å². The predicted octanol–water partition coefficient (Wildman–Crippen LogP) is 5.00. The standard InChI is InChI=1S/C16H34O3Si2/c1-7-13-21(14-8-2,20(4,5)6)19-12-10-9-11-15(3)16(17)18/h3,7-14H2,1-2,4-6H3,(H,17,18). The lowest BCUT2D eigenvalue weighted by Gasteiger charge is -2.41. The summed E-state index contributed by atoms with van der Waals surface area (Å²) in [7, 11) is -2.87. The van der Waals surface area contributed by atoms with Crippen molar-refractivity contribution < 1.29 is 14.3 Å². The van der Waals surface area contributed by atoms with Gasteiger partial charge in [-0.25, -0.2) is 4.79 Å². The van der Waals surface area contributed by atoms with Gasteiger partial charge in [0.25, 0.3) is 0 Å². The first-order chi connectivity index (χ1) is 9.70. The van der Waals surface area contributed by atoms with Crippen LogP contribution in [0.4, 0.5) is 0 Å².